The molecular formula is C15H19N3O2. The van der Waals surface area contributed by atoms with Crippen LogP contribution in [0.3, 0.4) is 0 Å². The van der Waals surface area contributed by atoms with Crippen molar-refractivity contribution in [3.63, 3.8) is 0 Å². The average Bonchev–Trinajstić information content (AvgIpc) is 2.39. The van der Waals surface area contributed by atoms with Gasteiger partial charge in [-0.1, -0.05) is 13.3 Å². The normalized spacial score (nSPS) is 12.3. The Kier molecular flexibility index (Phi) is 4.17. The maximum Gasteiger partial charge on any atom is 0.278 e. The molecular weight excluding hydrogens is 254 g/mol. The molecule has 5 nitrogen and oxygen atoms in total. The number of nitro groups is 1. The van der Waals surface area contributed by atoms with Crippen molar-refractivity contribution in [1.82, 2.24) is 4.98 Å². The van der Waals surface area contributed by atoms with Crippen LogP contribution in [0.1, 0.15) is 32.4 Å². The highest BCUT2D eigenvalue weighted by atomic mass is 16.6. The van der Waals surface area contributed by atoms with Crippen molar-refractivity contribution >= 4 is 22.1 Å². The molecule has 2 aromatic rings. The van der Waals surface area contributed by atoms with E-state index >= 15 is 0 Å². The van der Waals surface area contributed by atoms with Crippen LogP contribution in [-0.2, 0) is 0 Å². The average molecular weight is 273 g/mol. The minimum absolute atomic E-state index is 0.0983. The number of nitrogens with zero attached hydrogens (tertiary/aromatic N) is 2. The van der Waals surface area contributed by atoms with Crippen molar-refractivity contribution in [1.29, 1.82) is 0 Å². The first-order valence-electron chi connectivity index (χ1n) is 6.83. The van der Waals surface area contributed by atoms with E-state index in [2.05, 4.69) is 24.1 Å². The van der Waals surface area contributed by atoms with E-state index in [0.29, 0.717) is 11.4 Å². The van der Waals surface area contributed by atoms with Crippen LogP contribution < -0.4 is 5.32 Å². The standard InChI is InChI=1S/C15H19N3O2/c1-4-5-10(2)17-14-6-7-15(18(19)20)13-9-16-11(3)8-12(13)14/h6-10,17H,4-5H2,1-3H3. The van der Waals surface area contributed by atoms with Crippen LogP contribution in [0.25, 0.3) is 10.8 Å². The quantitative estimate of drug-likeness (QED) is 0.659. The summed E-state index contributed by atoms with van der Waals surface area (Å²) in [6.07, 6.45) is 3.74. The largest absolute Gasteiger partial charge is 0.382 e. The Labute approximate surface area is 118 Å². The molecule has 20 heavy (non-hydrogen) atoms. The van der Waals surface area contributed by atoms with Crippen LogP contribution >= 0.6 is 0 Å². The summed E-state index contributed by atoms with van der Waals surface area (Å²) in [6.45, 7) is 6.14. The summed E-state index contributed by atoms with van der Waals surface area (Å²) in [7, 11) is 0. The smallest absolute Gasteiger partial charge is 0.278 e. The predicted molar refractivity (Wildman–Crippen MR) is 81.1 cm³/mol. The van der Waals surface area contributed by atoms with Crippen LogP contribution in [0, 0.1) is 17.0 Å². The highest BCUT2D eigenvalue weighted by Crippen LogP contribution is 2.31. The highest BCUT2D eigenvalue weighted by Gasteiger charge is 2.15. The molecule has 5 heteroatoms. The van der Waals surface area contributed by atoms with E-state index in [4.69, 9.17) is 0 Å². The number of hydrogen-bond donors (Lipinski definition) is 1. The lowest BCUT2D eigenvalue weighted by molar-refractivity contribution is -0.383. The third kappa shape index (κ3) is 2.87. The molecule has 0 spiro atoms. The van der Waals surface area contributed by atoms with E-state index in [1.165, 1.54) is 0 Å². The molecule has 1 aromatic heterocycles. The minimum Gasteiger partial charge on any atom is -0.382 e. The van der Waals surface area contributed by atoms with Gasteiger partial charge in [0.2, 0.25) is 0 Å². The number of anilines is 1. The Morgan fingerprint density at radius 1 is 1.40 bits per heavy atom. The fourth-order valence-electron chi connectivity index (χ4n) is 2.38. The summed E-state index contributed by atoms with van der Waals surface area (Å²) in [4.78, 5) is 14.9. The van der Waals surface area contributed by atoms with Gasteiger partial charge in [-0.3, -0.25) is 15.1 Å². The van der Waals surface area contributed by atoms with Gasteiger partial charge in [0.1, 0.15) is 0 Å². The number of aromatic nitrogens is 1. The first kappa shape index (κ1) is 14.2. The van der Waals surface area contributed by atoms with Gasteiger partial charge in [-0.15, -0.1) is 0 Å². The number of aryl methyl sites for hydroxylation is 1. The number of nitrogens with one attached hydrogen (secondary N) is 1. The monoisotopic (exact) mass is 273 g/mol. The van der Waals surface area contributed by atoms with Crippen molar-refractivity contribution in [2.24, 2.45) is 0 Å². The summed E-state index contributed by atoms with van der Waals surface area (Å²) in [6, 6.07) is 5.55. The first-order valence-corrected chi connectivity index (χ1v) is 6.83. The maximum atomic E-state index is 11.1. The number of benzene rings is 1. The van der Waals surface area contributed by atoms with E-state index in [0.717, 1.165) is 29.6 Å². The summed E-state index contributed by atoms with van der Waals surface area (Å²) < 4.78 is 0. The number of fused-ring (bicyclic) bond motifs is 1. The van der Waals surface area contributed by atoms with Gasteiger partial charge in [0.25, 0.3) is 5.69 Å². The maximum absolute atomic E-state index is 11.1. The number of non-ortho nitro benzene ring substituents is 1. The fraction of sp³-hybridized carbons (Fsp3) is 0.400. The minimum atomic E-state index is -0.363. The van der Waals surface area contributed by atoms with E-state index in [-0.39, 0.29) is 10.6 Å². The molecule has 0 aliphatic rings. The van der Waals surface area contributed by atoms with Gasteiger partial charge in [-0.05, 0) is 32.4 Å². The third-order valence-electron chi connectivity index (χ3n) is 3.33. The first-order chi connectivity index (χ1) is 9.52. The predicted octanol–water partition coefficient (Wildman–Crippen LogP) is 4.05. The van der Waals surface area contributed by atoms with Gasteiger partial charge >= 0.3 is 0 Å². The third-order valence-corrected chi connectivity index (χ3v) is 3.33. The van der Waals surface area contributed by atoms with Crippen LogP contribution in [0.15, 0.2) is 24.4 Å². The van der Waals surface area contributed by atoms with Crippen LogP contribution in [0.4, 0.5) is 11.4 Å². The van der Waals surface area contributed by atoms with E-state index in [1.54, 1.807) is 18.3 Å². The lowest BCUT2D eigenvalue weighted by Gasteiger charge is -2.16. The topological polar surface area (TPSA) is 68.1 Å². The van der Waals surface area contributed by atoms with Crippen LogP contribution in [0.5, 0.6) is 0 Å². The molecule has 1 N–H and O–H groups in total. The lowest BCUT2D eigenvalue weighted by Crippen LogP contribution is -2.14. The van der Waals surface area contributed by atoms with Crippen molar-refractivity contribution < 1.29 is 4.92 Å². The summed E-state index contributed by atoms with van der Waals surface area (Å²) in [5.74, 6) is 0. The molecule has 0 aliphatic heterocycles. The molecule has 0 saturated heterocycles. The second-order valence-corrected chi connectivity index (χ2v) is 5.09. The summed E-state index contributed by atoms with van der Waals surface area (Å²) >= 11 is 0. The number of nitro benzene ring substituents is 1. The van der Waals surface area contributed by atoms with Crippen molar-refractivity contribution in [3.05, 3.63) is 40.2 Å². The molecule has 0 bridgehead atoms. The zero-order chi connectivity index (χ0) is 14.7. The molecule has 1 heterocycles. The second-order valence-electron chi connectivity index (χ2n) is 5.09. The molecule has 1 atom stereocenters. The Hall–Kier alpha value is -2.17. The Morgan fingerprint density at radius 3 is 2.80 bits per heavy atom. The van der Waals surface area contributed by atoms with Crippen molar-refractivity contribution in [3.8, 4) is 0 Å². The van der Waals surface area contributed by atoms with Gasteiger partial charge in [0.05, 0.1) is 10.3 Å². The second kappa shape index (κ2) is 5.86. The van der Waals surface area contributed by atoms with Gasteiger partial charge in [-0.2, -0.15) is 0 Å². The molecule has 106 valence electrons. The molecule has 2 rings (SSSR count). The Balaban J connectivity index is 2.53. The van der Waals surface area contributed by atoms with E-state index in [1.807, 2.05) is 13.0 Å². The molecule has 0 aliphatic carbocycles. The summed E-state index contributed by atoms with van der Waals surface area (Å²) in [5, 5.41) is 16.0. The molecule has 0 radical (unpaired) electrons. The van der Waals surface area contributed by atoms with Crippen LogP contribution in [-0.4, -0.2) is 15.9 Å². The van der Waals surface area contributed by atoms with E-state index < -0.39 is 0 Å². The zero-order valence-electron chi connectivity index (χ0n) is 12.0. The molecule has 0 fully saturated rings. The summed E-state index contributed by atoms with van der Waals surface area (Å²) in [5.41, 5.74) is 1.88. The number of pyridine rings is 1. The van der Waals surface area contributed by atoms with Gasteiger partial charge in [0, 0.05) is 35.1 Å². The number of rotatable bonds is 5. The lowest BCUT2D eigenvalue weighted by atomic mass is 10.1. The van der Waals surface area contributed by atoms with Gasteiger partial charge in [0.15, 0.2) is 0 Å². The molecule has 0 saturated carbocycles. The Bertz CT molecular complexity index is 640. The van der Waals surface area contributed by atoms with Crippen molar-refractivity contribution in [2.75, 3.05) is 5.32 Å². The zero-order valence-corrected chi connectivity index (χ0v) is 12.0. The highest BCUT2D eigenvalue weighted by molar-refractivity contribution is 5.99. The van der Waals surface area contributed by atoms with Crippen molar-refractivity contribution in [2.45, 2.75) is 39.7 Å². The van der Waals surface area contributed by atoms with Crippen LogP contribution in [0.2, 0.25) is 0 Å². The SMILES string of the molecule is CCCC(C)Nc1ccc([N+](=O)[O-])c2cnc(C)cc12. The van der Waals surface area contributed by atoms with E-state index in [9.17, 15) is 10.1 Å². The fourth-order valence-corrected chi connectivity index (χ4v) is 2.38. The molecule has 1 aromatic carbocycles. The van der Waals surface area contributed by atoms with Gasteiger partial charge in [-0.25, -0.2) is 0 Å². The van der Waals surface area contributed by atoms with Gasteiger partial charge < -0.3 is 5.32 Å². The number of hydrogen-bond acceptors (Lipinski definition) is 4. The molecule has 0 amide bonds. The molecule has 1 unspecified atom stereocenters. The Morgan fingerprint density at radius 2 is 2.15 bits per heavy atom.